The second-order valence-corrected chi connectivity index (χ2v) is 6.79. The van der Waals surface area contributed by atoms with Crippen molar-refractivity contribution in [1.29, 1.82) is 0 Å². The third-order valence-electron chi connectivity index (χ3n) is 3.61. The number of para-hydroxylation sites is 1. The largest absolute Gasteiger partial charge is 0.332 e. The summed E-state index contributed by atoms with van der Waals surface area (Å²) in [5.41, 5.74) is 3.93. The number of thiocarbonyl (C=S) groups is 1. The molecule has 0 amide bonds. The highest BCUT2D eigenvalue weighted by Crippen LogP contribution is 2.23. The molecule has 7 heteroatoms. The topological polar surface area (TPSA) is 41.9 Å². The van der Waals surface area contributed by atoms with Crippen LogP contribution in [0.4, 0.5) is 11.4 Å². The fraction of sp³-hybridized carbons (Fsp3) is 0.111. The molecule has 0 spiro atoms. The van der Waals surface area contributed by atoms with E-state index in [0.717, 1.165) is 22.5 Å². The number of hydrogen-bond acceptors (Lipinski definition) is 2. The van der Waals surface area contributed by atoms with Gasteiger partial charge in [0.15, 0.2) is 5.11 Å². The Labute approximate surface area is 161 Å². The Hall–Kier alpha value is -2.08. The van der Waals surface area contributed by atoms with Crippen LogP contribution in [0.5, 0.6) is 0 Å². The van der Waals surface area contributed by atoms with Gasteiger partial charge in [-0.3, -0.25) is 4.68 Å². The van der Waals surface area contributed by atoms with E-state index < -0.39 is 0 Å². The zero-order chi connectivity index (χ0) is 17.8. The quantitative estimate of drug-likeness (QED) is 0.588. The second kappa shape index (κ2) is 7.87. The van der Waals surface area contributed by atoms with Crippen molar-refractivity contribution in [2.45, 2.75) is 13.5 Å². The predicted molar refractivity (Wildman–Crippen MR) is 109 cm³/mol. The Morgan fingerprint density at radius 2 is 1.92 bits per heavy atom. The minimum Gasteiger partial charge on any atom is -0.332 e. The normalized spacial score (nSPS) is 10.5. The van der Waals surface area contributed by atoms with Gasteiger partial charge in [-0.1, -0.05) is 47.5 Å². The highest BCUT2D eigenvalue weighted by molar-refractivity contribution is 7.80. The maximum absolute atomic E-state index is 6.04. The van der Waals surface area contributed by atoms with E-state index >= 15 is 0 Å². The number of aryl methyl sites for hydroxylation is 1. The van der Waals surface area contributed by atoms with E-state index in [-0.39, 0.29) is 0 Å². The molecule has 0 atom stereocenters. The lowest BCUT2D eigenvalue weighted by Crippen LogP contribution is -2.19. The minimum absolute atomic E-state index is 0.517. The zero-order valence-electron chi connectivity index (χ0n) is 13.5. The molecule has 25 heavy (non-hydrogen) atoms. The van der Waals surface area contributed by atoms with E-state index in [1.54, 1.807) is 16.9 Å². The standard InChI is InChI=1S/C18H16Cl2N4S/c1-12-4-2-3-5-17(12)23-18(25)22-14-9-21-24(11-14)10-13-6-7-15(19)16(20)8-13/h2-9,11H,10H2,1H3,(H2,22,23,25). The van der Waals surface area contributed by atoms with Crippen molar-refractivity contribution in [3.8, 4) is 0 Å². The lowest BCUT2D eigenvalue weighted by molar-refractivity contribution is 0.687. The van der Waals surface area contributed by atoms with Gasteiger partial charge in [0.1, 0.15) is 0 Å². The van der Waals surface area contributed by atoms with E-state index in [4.69, 9.17) is 35.4 Å². The third-order valence-corrected chi connectivity index (χ3v) is 4.56. The van der Waals surface area contributed by atoms with Crippen LogP contribution in [0.3, 0.4) is 0 Å². The van der Waals surface area contributed by atoms with Crippen LogP contribution >= 0.6 is 35.4 Å². The van der Waals surface area contributed by atoms with Crippen LogP contribution in [0, 0.1) is 6.92 Å². The van der Waals surface area contributed by atoms with Crippen molar-refractivity contribution in [3.63, 3.8) is 0 Å². The molecule has 2 aromatic carbocycles. The predicted octanol–water partition coefficient (Wildman–Crippen LogP) is 5.36. The number of aromatic nitrogens is 2. The summed E-state index contributed by atoms with van der Waals surface area (Å²) in [6.07, 6.45) is 3.61. The molecule has 0 bridgehead atoms. The number of halogens is 2. The van der Waals surface area contributed by atoms with Crippen LogP contribution in [0.1, 0.15) is 11.1 Å². The molecule has 3 aromatic rings. The van der Waals surface area contributed by atoms with Crippen LogP contribution in [0.2, 0.25) is 10.0 Å². The van der Waals surface area contributed by atoms with Crippen molar-refractivity contribution in [2.75, 3.05) is 10.6 Å². The van der Waals surface area contributed by atoms with E-state index in [0.29, 0.717) is 21.7 Å². The third kappa shape index (κ3) is 4.72. The molecule has 0 saturated heterocycles. The second-order valence-electron chi connectivity index (χ2n) is 5.57. The van der Waals surface area contributed by atoms with Crippen molar-refractivity contribution < 1.29 is 0 Å². The van der Waals surface area contributed by atoms with Crippen LogP contribution in [0.15, 0.2) is 54.9 Å². The van der Waals surface area contributed by atoms with Gasteiger partial charge in [-0.05, 0) is 48.5 Å². The fourth-order valence-electron chi connectivity index (χ4n) is 2.34. The summed E-state index contributed by atoms with van der Waals surface area (Å²) in [4.78, 5) is 0. The Bertz CT molecular complexity index is 908. The summed E-state index contributed by atoms with van der Waals surface area (Å²) in [6.45, 7) is 2.62. The van der Waals surface area contributed by atoms with Gasteiger partial charge in [0.25, 0.3) is 0 Å². The smallest absolute Gasteiger partial charge is 0.175 e. The number of nitrogens with zero attached hydrogens (tertiary/aromatic N) is 2. The molecule has 0 aliphatic rings. The van der Waals surface area contributed by atoms with E-state index in [2.05, 4.69) is 15.7 Å². The lowest BCUT2D eigenvalue weighted by Gasteiger charge is -2.11. The number of rotatable bonds is 4. The van der Waals surface area contributed by atoms with Crippen LogP contribution in [-0.2, 0) is 6.54 Å². The Morgan fingerprint density at radius 1 is 1.12 bits per heavy atom. The molecule has 1 heterocycles. The monoisotopic (exact) mass is 390 g/mol. The van der Waals surface area contributed by atoms with Crippen molar-refractivity contribution in [2.24, 2.45) is 0 Å². The van der Waals surface area contributed by atoms with Crippen LogP contribution in [-0.4, -0.2) is 14.9 Å². The first-order valence-corrected chi connectivity index (χ1v) is 8.78. The van der Waals surface area contributed by atoms with Crippen molar-refractivity contribution >= 4 is 51.9 Å². The summed E-state index contributed by atoms with van der Waals surface area (Å²) in [5, 5.41) is 12.2. The molecule has 0 aliphatic heterocycles. The average molecular weight is 391 g/mol. The maximum Gasteiger partial charge on any atom is 0.175 e. The van der Waals surface area contributed by atoms with Gasteiger partial charge in [-0.15, -0.1) is 0 Å². The van der Waals surface area contributed by atoms with E-state index in [9.17, 15) is 0 Å². The van der Waals surface area contributed by atoms with Gasteiger partial charge >= 0.3 is 0 Å². The first-order chi connectivity index (χ1) is 12.0. The van der Waals surface area contributed by atoms with Crippen LogP contribution < -0.4 is 10.6 Å². The van der Waals surface area contributed by atoms with Crippen molar-refractivity contribution in [3.05, 3.63) is 76.0 Å². The van der Waals surface area contributed by atoms with Crippen molar-refractivity contribution in [1.82, 2.24) is 9.78 Å². The zero-order valence-corrected chi connectivity index (χ0v) is 15.8. The molecule has 2 N–H and O–H groups in total. The molecule has 0 saturated carbocycles. The molecule has 0 fully saturated rings. The van der Waals surface area contributed by atoms with Gasteiger partial charge in [0.05, 0.1) is 28.5 Å². The van der Waals surface area contributed by atoms with Crippen LogP contribution in [0.25, 0.3) is 0 Å². The molecule has 0 unspecified atom stereocenters. The first-order valence-electron chi connectivity index (χ1n) is 7.61. The molecule has 0 radical (unpaired) electrons. The fourth-order valence-corrected chi connectivity index (χ4v) is 2.89. The molecule has 0 aliphatic carbocycles. The highest BCUT2D eigenvalue weighted by Gasteiger charge is 2.05. The van der Waals surface area contributed by atoms with E-state index in [1.165, 1.54) is 0 Å². The summed E-state index contributed by atoms with van der Waals surface area (Å²) in [5.74, 6) is 0. The first kappa shape index (κ1) is 17.7. The highest BCUT2D eigenvalue weighted by atomic mass is 35.5. The summed E-state index contributed by atoms with van der Waals surface area (Å²) < 4.78 is 1.80. The molecule has 3 rings (SSSR count). The Balaban J connectivity index is 1.62. The maximum atomic E-state index is 6.04. The molecule has 128 valence electrons. The van der Waals surface area contributed by atoms with Gasteiger partial charge in [-0.2, -0.15) is 5.10 Å². The molecule has 4 nitrogen and oxygen atoms in total. The van der Waals surface area contributed by atoms with Gasteiger partial charge in [0.2, 0.25) is 0 Å². The number of anilines is 2. The average Bonchev–Trinajstić information content (AvgIpc) is 3.00. The Kier molecular flexibility index (Phi) is 5.58. The summed E-state index contributed by atoms with van der Waals surface area (Å²) >= 11 is 17.3. The van der Waals surface area contributed by atoms with Gasteiger partial charge in [-0.25, -0.2) is 0 Å². The molecular formula is C18H16Cl2N4S. The minimum atomic E-state index is 0.517. The Morgan fingerprint density at radius 3 is 2.68 bits per heavy atom. The number of benzene rings is 2. The number of nitrogens with one attached hydrogen (secondary N) is 2. The molecule has 1 aromatic heterocycles. The SMILES string of the molecule is Cc1ccccc1NC(=S)Nc1cnn(Cc2ccc(Cl)c(Cl)c2)c1. The van der Waals surface area contributed by atoms with E-state index in [1.807, 2.05) is 49.5 Å². The van der Waals surface area contributed by atoms with Gasteiger partial charge < -0.3 is 10.6 Å². The number of hydrogen-bond donors (Lipinski definition) is 2. The van der Waals surface area contributed by atoms with Gasteiger partial charge in [0, 0.05) is 11.9 Å². The lowest BCUT2D eigenvalue weighted by atomic mass is 10.2. The summed E-state index contributed by atoms with van der Waals surface area (Å²) in [7, 11) is 0. The molecular weight excluding hydrogens is 375 g/mol. The summed E-state index contributed by atoms with van der Waals surface area (Å²) in [6, 6.07) is 13.5.